The first kappa shape index (κ1) is 11.4. The van der Waals surface area contributed by atoms with Gasteiger partial charge < -0.3 is 5.32 Å². The molecule has 1 saturated carbocycles. The summed E-state index contributed by atoms with van der Waals surface area (Å²) >= 11 is 0. The molecule has 16 heavy (non-hydrogen) atoms. The molecule has 1 heterocycles. The van der Waals surface area contributed by atoms with Crippen molar-refractivity contribution in [3.63, 3.8) is 0 Å². The molecule has 3 nitrogen and oxygen atoms in total. The fourth-order valence-corrected chi connectivity index (χ4v) is 2.61. The number of hydrogen-bond donors (Lipinski definition) is 1. The lowest BCUT2D eigenvalue weighted by Gasteiger charge is -2.14. The van der Waals surface area contributed by atoms with Crippen molar-refractivity contribution in [3.05, 3.63) is 17.1 Å². The van der Waals surface area contributed by atoms with E-state index in [2.05, 4.69) is 29.1 Å². The Kier molecular flexibility index (Phi) is 3.42. The Morgan fingerprint density at radius 1 is 1.25 bits per heavy atom. The lowest BCUT2D eigenvalue weighted by molar-refractivity contribution is 0.662. The van der Waals surface area contributed by atoms with Crippen LogP contribution in [0.15, 0.2) is 0 Å². The summed E-state index contributed by atoms with van der Waals surface area (Å²) in [5.74, 6) is 2.67. The van der Waals surface area contributed by atoms with Gasteiger partial charge >= 0.3 is 0 Å². The standard InChI is InChI=1S/C13H21N3/c1-4-11-9(2)15-12(16-13(11)14-3)10-7-5-6-8-10/h10H,4-8H2,1-3H3,(H,14,15,16). The van der Waals surface area contributed by atoms with Crippen LogP contribution in [0.4, 0.5) is 5.82 Å². The molecule has 0 unspecified atom stereocenters. The zero-order valence-electron chi connectivity index (χ0n) is 10.5. The third-order valence-corrected chi connectivity index (χ3v) is 3.54. The van der Waals surface area contributed by atoms with Crippen molar-refractivity contribution in [1.82, 2.24) is 9.97 Å². The molecule has 0 saturated heterocycles. The molecule has 3 heteroatoms. The molecule has 0 radical (unpaired) electrons. The van der Waals surface area contributed by atoms with E-state index >= 15 is 0 Å². The van der Waals surface area contributed by atoms with Gasteiger partial charge in [0, 0.05) is 24.2 Å². The lowest BCUT2D eigenvalue weighted by atomic mass is 10.1. The number of aryl methyl sites for hydroxylation is 1. The van der Waals surface area contributed by atoms with E-state index in [1.807, 2.05) is 7.05 Å². The van der Waals surface area contributed by atoms with E-state index < -0.39 is 0 Å². The molecular formula is C13H21N3. The predicted octanol–water partition coefficient (Wildman–Crippen LogP) is 3.05. The van der Waals surface area contributed by atoms with Crippen LogP contribution in [0.5, 0.6) is 0 Å². The molecule has 0 aliphatic heterocycles. The van der Waals surface area contributed by atoms with Crippen molar-refractivity contribution in [1.29, 1.82) is 0 Å². The summed E-state index contributed by atoms with van der Waals surface area (Å²) in [5.41, 5.74) is 2.40. The van der Waals surface area contributed by atoms with Crippen LogP contribution in [0.3, 0.4) is 0 Å². The smallest absolute Gasteiger partial charge is 0.134 e. The maximum Gasteiger partial charge on any atom is 0.134 e. The third kappa shape index (κ3) is 2.04. The highest BCUT2D eigenvalue weighted by molar-refractivity contribution is 5.46. The molecule has 0 bridgehead atoms. The van der Waals surface area contributed by atoms with Crippen molar-refractivity contribution in [2.24, 2.45) is 0 Å². The molecule has 1 aliphatic carbocycles. The van der Waals surface area contributed by atoms with Gasteiger partial charge in [0.15, 0.2) is 0 Å². The molecule has 88 valence electrons. The van der Waals surface area contributed by atoms with Gasteiger partial charge in [-0.2, -0.15) is 0 Å². The summed E-state index contributed by atoms with van der Waals surface area (Å²) in [6, 6.07) is 0. The van der Waals surface area contributed by atoms with Gasteiger partial charge in [0.25, 0.3) is 0 Å². The molecule has 0 atom stereocenters. The number of nitrogens with one attached hydrogen (secondary N) is 1. The Morgan fingerprint density at radius 3 is 2.50 bits per heavy atom. The summed E-state index contributed by atoms with van der Waals surface area (Å²) in [6.45, 7) is 4.25. The molecule has 1 fully saturated rings. The molecule has 0 spiro atoms. The second kappa shape index (κ2) is 4.81. The monoisotopic (exact) mass is 219 g/mol. The van der Waals surface area contributed by atoms with Crippen LogP contribution < -0.4 is 5.32 Å². The van der Waals surface area contributed by atoms with Crippen molar-refractivity contribution >= 4 is 5.82 Å². The molecule has 1 aromatic rings. The lowest BCUT2D eigenvalue weighted by Crippen LogP contribution is -2.09. The molecule has 2 rings (SSSR count). The zero-order chi connectivity index (χ0) is 11.5. The van der Waals surface area contributed by atoms with E-state index in [1.54, 1.807) is 0 Å². The van der Waals surface area contributed by atoms with E-state index in [1.165, 1.54) is 31.2 Å². The summed E-state index contributed by atoms with van der Waals surface area (Å²) < 4.78 is 0. The first-order chi connectivity index (χ1) is 7.76. The van der Waals surface area contributed by atoms with Crippen LogP contribution in [0, 0.1) is 6.92 Å². The maximum atomic E-state index is 4.68. The highest BCUT2D eigenvalue weighted by atomic mass is 15.0. The summed E-state index contributed by atoms with van der Waals surface area (Å²) in [6.07, 6.45) is 6.17. The Hall–Kier alpha value is -1.12. The minimum Gasteiger partial charge on any atom is -0.373 e. The van der Waals surface area contributed by atoms with E-state index in [0.717, 1.165) is 23.8 Å². The average Bonchev–Trinajstić information content (AvgIpc) is 2.81. The summed E-state index contributed by atoms with van der Waals surface area (Å²) in [5, 5.41) is 3.20. The molecule has 1 N–H and O–H groups in total. The fourth-order valence-electron chi connectivity index (χ4n) is 2.61. The van der Waals surface area contributed by atoms with Gasteiger partial charge in [-0.3, -0.25) is 0 Å². The van der Waals surface area contributed by atoms with Gasteiger partial charge in [0.05, 0.1) is 0 Å². The van der Waals surface area contributed by atoms with Gasteiger partial charge in [-0.15, -0.1) is 0 Å². The van der Waals surface area contributed by atoms with E-state index in [4.69, 9.17) is 0 Å². The van der Waals surface area contributed by atoms with Crippen molar-refractivity contribution in [2.75, 3.05) is 12.4 Å². The van der Waals surface area contributed by atoms with Gasteiger partial charge in [0.2, 0.25) is 0 Å². The molecule has 1 aliphatic rings. The highest BCUT2D eigenvalue weighted by Crippen LogP contribution is 2.33. The second-order valence-corrected chi connectivity index (χ2v) is 4.58. The second-order valence-electron chi connectivity index (χ2n) is 4.58. The maximum absolute atomic E-state index is 4.68. The fraction of sp³-hybridized carbons (Fsp3) is 0.692. The van der Waals surface area contributed by atoms with Gasteiger partial charge in [-0.25, -0.2) is 9.97 Å². The Labute approximate surface area is 97.7 Å². The van der Waals surface area contributed by atoms with Crippen LogP contribution in [-0.2, 0) is 6.42 Å². The van der Waals surface area contributed by atoms with Crippen LogP contribution in [0.25, 0.3) is 0 Å². The number of anilines is 1. The Balaban J connectivity index is 2.36. The predicted molar refractivity (Wildman–Crippen MR) is 66.9 cm³/mol. The summed E-state index contributed by atoms with van der Waals surface area (Å²) in [7, 11) is 1.94. The van der Waals surface area contributed by atoms with Crippen molar-refractivity contribution in [3.8, 4) is 0 Å². The van der Waals surface area contributed by atoms with E-state index in [9.17, 15) is 0 Å². The van der Waals surface area contributed by atoms with Crippen molar-refractivity contribution < 1.29 is 0 Å². The Bertz CT molecular complexity index is 368. The number of aromatic nitrogens is 2. The quantitative estimate of drug-likeness (QED) is 0.849. The van der Waals surface area contributed by atoms with Gasteiger partial charge in [-0.05, 0) is 26.2 Å². The first-order valence-corrected chi connectivity index (χ1v) is 6.31. The van der Waals surface area contributed by atoms with Crippen LogP contribution >= 0.6 is 0 Å². The molecule has 0 aromatic carbocycles. The van der Waals surface area contributed by atoms with E-state index in [-0.39, 0.29) is 0 Å². The van der Waals surface area contributed by atoms with Crippen molar-refractivity contribution in [2.45, 2.75) is 51.9 Å². The van der Waals surface area contributed by atoms with Gasteiger partial charge in [-0.1, -0.05) is 19.8 Å². The minimum absolute atomic E-state index is 0.594. The largest absolute Gasteiger partial charge is 0.373 e. The molecular weight excluding hydrogens is 198 g/mol. The van der Waals surface area contributed by atoms with Gasteiger partial charge in [0.1, 0.15) is 11.6 Å². The number of nitrogens with zero attached hydrogens (tertiary/aromatic N) is 2. The Morgan fingerprint density at radius 2 is 1.94 bits per heavy atom. The zero-order valence-corrected chi connectivity index (χ0v) is 10.5. The van der Waals surface area contributed by atoms with Crippen LogP contribution in [0.2, 0.25) is 0 Å². The molecule has 1 aromatic heterocycles. The summed E-state index contributed by atoms with van der Waals surface area (Å²) in [4.78, 5) is 9.37. The van der Waals surface area contributed by atoms with Crippen LogP contribution in [-0.4, -0.2) is 17.0 Å². The SMILES string of the molecule is CCc1c(C)nc(C2CCCC2)nc1NC. The topological polar surface area (TPSA) is 37.8 Å². The van der Waals surface area contributed by atoms with E-state index in [0.29, 0.717) is 5.92 Å². The number of rotatable bonds is 3. The number of hydrogen-bond acceptors (Lipinski definition) is 3. The molecule has 0 amide bonds. The first-order valence-electron chi connectivity index (χ1n) is 6.31. The average molecular weight is 219 g/mol. The minimum atomic E-state index is 0.594. The highest BCUT2D eigenvalue weighted by Gasteiger charge is 2.21. The third-order valence-electron chi connectivity index (χ3n) is 3.54. The van der Waals surface area contributed by atoms with Crippen LogP contribution in [0.1, 0.15) is 55.6 Å². The normalized spacial score (nSPS) is 16.7.